The van der Waals surface area contributed by atoms with E-state index >= 15 is 0 Å². The molecule has 3 N–H and O–H groups in total. The zero-order valence-corrected chi connectivity index (χ0v) is 17.6. The van der Waals surface area contributed by atoms with Crippen molar-refractivity contribution in [2.24, 2.45) is 11.1 Å². The monoisotopic (exact) mass is 415 g/mol. The molecule has 0 radical (unpaired) electrons. The van der Waals surface area contributed by atoms with Crippen LogP contribution in [0.15, 0.2) is 59.5 Å². The van der Waals surface area contributed by atoms with Crippen LogP contribution in [0.2, 0.25) is 0 Å². The number of nitrogens with zero attached hydrogens (tertiary/aromatic N) is 1. The second-order valence-corrected chi connectivity index (χ2v) is 9.30. The Morgan fingerprint density at radius 2 is 1.72 bits per heavy atom. The average Bonchev–Trinajstić information content (AvgIpc) is 2.72. The van der Waals surface area contributed by atoms with Crippen molar-refractivity contribution in [1.29, 1.82) is 0 Å². The van der Waals surface area contributed by atoms with E-state index in [9.17, 15) is 13.2 Å². The van der Waals surface area contributed by atoms with Gasteiger partial charge in [-0.1, -0.05) is 30.3 Å². The number of carbonyl (C=O) groups is 1. The van der Waals surface area contributed by atoms with E-state index in [1.807, 2.05) is 13.0 Å². The van der Waals surface area contributed by atoms with Crippen LogP contribution in [0.5, 0.6) is 0 Å². The summed E-state index contributed by atoms with van der Waals surface area (Å²) in [5.74, 6) is 0.614. The minimum atomic E-state index is -3.73. The molecule has 3 rings (SSSR count). The first kappa shape index (κ1) is 21.5. The summed E-state index contributed by atoms with van der Waals surface area (Å²) in [5, 5.41) is 7.96. The van der Waals surface area contributed by atoms with Gasteiger partial charge >= 0.3 is 0 Å². The fourth-order valence-corrected chi connectivity index (χ4v) is 4.30. The number of benzene rings is 2. The Hall–Kier alpha value is -2.22. The molecule has 29 heavy (non-hydrogen) atoms. The molecular formula is C22H29N3O3S. The number of aryl methyl sites for hydroxylation is 1. The summed E-state index contributed by atoms with van der Waals surface area (Å²) in [5.41, 5.74) is 1.95. The number of nitrogens with one attached hydrogen (secondary N) is 1. The maximum Gasteiger partial charge on any atom is 0.241 e. The molecule has 0 unspecified atom stereocenters. The summed E-state index contributed by atoms with van der Waals surface area (Å²) in [6, 6.07) is 16.2. The molecule has 1 saturated heterocycles. The van der Waals surface area contributed by atoms with E-state index < -0.39 is 10.0 Å². The Bertz CT molecular complexity index is 906. The number of sulfonamides is 1. The summed E-state index contributed by atoms with van der Waals surface area (Å²) in [4.78, 5) is 14.8. The molecule has 1 fully saturated rings. The third-order valence-electron chi connectivity index (χ3n) is 5.71. The van der Waals surface area contributed by atoms with Crippen LogP contribution < -0.4 is 10.5 Å². The lowest BCUT2D eigenvalue weighted by molar-refractivity contribution is -0.121. The van der Waals surface area contributed by atoms with E-state index in [4.69, 9.17) is 5.14 Å². The molecular weight excluding hydrogens is 386 g/mol. The number of rotatable bonds is 7. The van der Waals surface area contributed by atoms with E-state index in [1.54, 1.807) is 12.1 Å². The summed E-state index contributed by atoms with van der Waals surface area (Å²) in [7, 11) is -3.73. The van der Waals surface area contributed by atoms with Crippen molar-refractivity contribution in [3.8, 4) is 0 Å². The molecule has 2 aromatic rings. The van der Waals surface area contributed by atoms with Gasteiger partial charge in [-0.3, -0.25) is 9.69 Å². The van der Waals surface area contributed by atoms with Crippen LogP contribution in [0.25, 0.3) is 0 Å². The maximum absolute atomic E-state index is 12.6. The molecule has 1 atom stereocenters. The van der Waals surface area contributed by atoms with Crippen molar-refractivity contribution in [1.82, 2.24) is 4.90 Å². The van der Waals surface area contributed by atoms with Gasteiger partial charge in [0.1, 0.15) is 0 Å². The van der Waals surface area contributed by atoms with E-state index in [-0.39, 0.29) is 16.8 Å². The highest BCUT2D eigenvalue weighted by Gasteiger charge is 2.26. The van der Waals surface area contributed by atoms with Crippen LogP contribution in [0.4, 0.5) is 5.69 Å². The van der Waals surface area contributed by atoms with Gasteiger partial charge < -0.3 is 5.32 Å². The number of piperidine rings is 1. The summed E-state index contributed by atoms with van der Waals surface area (Å²) in [6.07, 6.45) is 4.51. The van der Waals surface area contributed by atoms with Crippen molar-refractivity contribution >= 4 is 21.6 Å². The Balaban J connectivity index is 1.46. The minimum Gasteiger partial charge on any atom is -0.325 e. The number of amides is 1. The number of hydrogen-bond donors (Lipinski definition) is 2. The Morgan fingerprint density at radius 3 is 2.31 bits per heavy atom. The molecule has 6 nitrogen and oxygen atoms in total. The van der Waals surface area contributed by atoms with Crippen LogP contribution in [-0.4, -0.2) is 38.4 Å². The van der Waals surface area contributed by atoms with Crippen LogP contribution >= 0.6 is 0 Å². The lowest BCUT2D eigenvalue weighted by atomic mass is 9.90. The first-order valence-corrected chi connectivity index (χ1v) is 11.6. The predicted molar refractivity (Wildman–Crippen MR) is 115 cm³/mol. The molecule has 1 heterocycles. The zero-order chi connectivity index (χ0) is 20.9. The largest absolute Gasteiger partial charge is 0.325 e. The summed E-state index contributed by atoms with van der Waals surface area (Å²) < 4.78 is 22.6. The van der Waals surface area contributed by atoms with Crippen LogP contribution in [-0.2, 0) is 21.2 Å². The molecule has 0 aliphatic carbocycles. The van der Waals surface area contributed by atoms with Gasteiger partial charge in [-0.25, -0.2) is 13.6 Å². The van der Waals surface area contributed by atoms with Crippen LogP contribution in [0.1, 0.15) is 31.7 Å². The van der Waals surface area contributed by atoms with Gasteiger partial charge in [0.05, 0.1) is 10.9 Å². The number of carbonyl (C=O) groups excluding carboxylic acids is 1. The molecule has 0 aromatic heterocycles. The fourth-order valence-electron chi connectivity index (χ4n) is 3.78. The first-order valence-electron chi connectivity index (χ1n) is 10.0. The summed E-state index contributed by atoms with van der Waals surface area (Å²) in [6.45, 7) is 3.75. The number of primary sulfonamides is 1. The van der Waals surface area contributed by atoms with Gasteiger partial charge in [-0.05, 0) is 81.4 Å². The van der Waals surface area contributed by atoms with E-state index in [2.05, 4.69) is 34.5 Å². The second kappa shape index (κ2) is 9.52. The zero-order valence-electron chi connectivity index (χ0n) is 16.8. The highest BCUT2D eigenvalue weighted by Crippen LogP contribution is 2.24. The van der Waals surface area contributed by atoms with Gasteiger partial charge in [0.25, 0.3) is 0 Å². The number of likely N-dealkylation sites (tertiary alicyclic amines) is 1. The van der Waals surface area contributed by atoms with E-state index in [0.717, 1.165) is 32.4 Å². The molecule has 1 aliphatic rings. The molecule has 7 heteroatoms. The number of nitrogens with two attached hydrogens (primary N) is 1. The predicted octanol–water partition coefficient (Wildman–Crippen LogP) is 3.01. The normalized spacial score (nSPS) is 17.0. The van der Waals surface area contributed by atoms with Crippen molar-refractivity contribution in [2.75, 3.05) is 18.4 Å². The Morgan fingerprint density at radius 1 is 1.10 bits per heavy atom. The van der Waals surface area contributed by atoms with Crippen LogP contribution in [0.3, 0.4) is 0 Å². The lowest BCUT2D eigenvalue weighted by Gasteiger charge is -2.35. The molecule has 1 amide bonds. The molecule has 0 bridgehead atoms. The highest BCUT2D eigenvalue weighted by molar-refractivity contribution is 7.89. The van der Waals surface area contributed by atoms with Crippen molar-refractivity contribution in [3.05, 3.63) is 60.2 Å². The average molecular weight is 416 g/mol. The van der Waals surface area contributed by atoms with Gasteiger partial charge in [0.15, 0.2) is 0 Å². The Kier molecular flexibility index (Phi) is 7.05. The highest BCUT2D eigenvalue weighted by atomic mass is 32.2. The molecule has 1 aliphatic heterocycles. The fraction of sp³-hybridized carbons (Fsp3) is 0.409. The quantitative estimate of drug-likeness (QED) is 0.727. The second-order valence-electron chi connectivity index (χ2n) is 7.74. The molecule has 0 spiro atoms. The smallest absolute Gasteiger partial charge is 0.241 e. The number of hydrogen-bond acceptors (Lipinski definition) is 4. The maximum atomic E-state index is 12.6. The van der Waals surface area contributed by atoms with Gasteiger partial charge in [0, 0.05) is 5.69 Å². The molecule has 0 saturated carbocycles. The van der Waals surface area contributed by atoms with Gasteiger partial charge in [0.2, 0.25) is 15.9 Å². The van der Waals surface area contributed by atoms with Crippen LogP contribution in [0, 0.1) is 5.92 Å². The SMILES string of the molecule is C[C@@H](C(=O)Nc1ccc(S(N)(=O)=O)cc1)N1CCC(CCc2ccccc2)CC1. The molecule has 2 aromatic carbocycles. The third-order valence-corrected chi connectivity index (χ3v) is 6.64. The lowest BCUT2D eigenvalue weighted by Crippen LogP contribution is -2.46. The van der Waals surface area contributed by atoms with Crippen molar-refractivity contribution in [3.63, 3.8) is 0 Å². The van der Waals surface area contributed by atoms with E-state index in [1.165, 1.54) is 24.1 Å². The van der Waals surface area contributed by atoms with Gasteiger partial charge in [-0.2, -0.15) is 0 Å². The third kappa shape index (κ3) is 6.13. The number of anilines is 1. The Labute approximate surface area is 173 Å². The van der Waals surface area contributed by atoms with Crippen molar-refractivity contribution < 1.29 is 13.2 Å². The first-order chi connectivity index (χ1) is 13.8. The van der Waals surface area contributed by atoms with Crippen molar-refractivity contribution in [2.45, 2.75) is 43.5 Å². The topological polar surface area (TPSA) is 92.5 Å². The summed E-state index contributed by atoms with van der Waals surface area (Å²) >= 11 is 0. The molecule has 156 valence electrons. The standard InChI is InChI=1S/C22H29N3O3S/c1-17(22(26)24-20-9-11-21(12-10-20)29(23,27)28)25-15-13-19(14-16-25)8-7-18-5-3-2-4-6-18/h2-6,9-12,17,19H,7-8,13-16H2,1H3,(H,24,26)(H2,23,27,28)/t17-/m0/s1. The minimum absolute atomic E-state index is 0.0288. The van der Waals surface area contributed by atoms with E-state index in [0.29, 0.717) is 11.6 Å². The van der Waals surface area contributed by atoms with Gasteiger partial charge in [-0.15, -0.1) is 0 Å².